The van der Waals surface area contributed by atoms with Crippen molar-refractivity contribution in [3.8, 4) is 0 Å². The molecule has 3 nitrogen and oxygen atoms in total. The van der Waals surface area contributed by atoms with Gasteiger partial charge >= 0.3 is 0 Å². The highest BCUT2D eigenvalue weighted by Crippen LogP contribution is 2.07. The molecule has 0 N–H and O–H groups in total. The van der Waals surface area contributed by atoms with E-state index < -0.39 is 0 Å². The zero-order chi connectivity index (χ0) is 8.85. The molecule has 0 aromatic rings. The molecule has 0 aromatic heterocycles. The molecule has 0 aliphatic carbocycles. The van der Waals surface area contributed by atoms with Crippen LogP contribution >= 0.6 is 0 Å². The number of rotatable bonds is 1. The summed E-state index contributed by atoms with van der Waals surface area (Å²) in [6, 6.07) is 0.336. The number of likely N-dealkylation sites (N-methyl/N-ethyl adjacent to an activating group) is 1. The van der Waals surface area contributed by atoms with Crippen LogP contribution in [-0.4, -0.2) is 37.1 Å². The third kappa shape index (κ3) is 2.89. The number of hydrogen-bond donors (Lipinski definition) is 0. The summed E-state index contributed by atoms with van der Waals surface area (Å²) in [5.41, 5.74) is 0. The Labute approximate surface area is 68.3 Å². The van der Waals surface area contributed by atoms with E-state index in [0.29, 0.717) is 19.3 Å². The Bertz CT molecular complexity index is 121. The van der Waals surface area contributed by atoms with Crippen LogP contribution in [0.25, 0.3) is 0 Å². The van der Waals surface area contributed by atoms with Crippen molar-refractivity contribution in [2.24, 2.45) is 0 Å². The van der Waals surface area contributed by atoms with Crippen LogP contribution in [0.15, 0.2) is 0 Å². The Hall–Kier alpha value is -0.570. The summed E-state index contributed by atoms with van der Waals surface area (Å²) in [4.78, 5) is 12.4. The number of ether oxygens (including phenoxy) is 1. The summed E-state index contributed by atoms with van der Waals surface area (Å²) < 4.78 is 4.91. The fourth-order valence-electron chi connectivity index (χ4n) is 0.704. The molecule has 1 aliphatic rings. The monoisotopic (exact) mass is 159 g/mol. The van der Waals surface area contributed by atoms with E-state index in [1.165, 1.54) is 0 Å². The first-order valence-electron chi connectivity index (χ1n) is 4.03. The Morgan fingerprint density at radius 2 is 1.91 bits per heavy atom. The lowest BCUT2D eigenvalue weighted by Gasteiger charge is -2.33. The second kappa shape index (κ2) is 5.13. The van der Waals surface area contributed by atoms with E-state index in [1.54, 1.807) is 18.9 Å². The number of amides is 1. The van der Waals surface area contributed by atoms with Gasteiger partial charge in [0.25, 0.3) is 0 Å². The molecule has 1 fully saturated rings. The topological polar surface area (TPSA) is 29.5 Å². The molecule has 0 atom stereocenters. The maximum atomic E-state index is 10.6. The number of carbonyl (C=O) groups excluding carboxylic acids is 1. The van der Waals surface area contributed by atoms with E-state index in [1.807, 2.05) is 13.8 Å². The highest BCUT2D eigenvalue weighted by Gasteiger charge is 2.24. The smallest absolute Gasteiger partial charge is 0.219 e. The average Bonchev–Trinajstić information content (AvgIpc) is 1.88. The summed E-state index contributed by atoms with van der Waals surface area (Å²) in [5, 5.41) is 0. The molecule has 0 bridgehead atoms. The summed E-state index contributed by atoms with van der Waals surface area (Å²) in [7, 11) is 1.80. The molecular formula is C8H17NO2. The average molecular weight is 159 g/mol. The molecule has 1 amide bonds. The quantitative estimate of drug-likeness (QED) is 0.568. The standard InChI is InChI=1S/C6H11NO2.C2H6/c1-5(8)7(2)6-3-9-4-6;1-2/h6H,3-4H2,1-2H3;1-2H3. The van der Waals surface area contributed by atoms with Gasteiger partial charge in [-0.2, -0.15) is 0 Å². The van der Waals surface area contributed by atoms with Crippen LogP contribution in [0.2, 0.25) is 0 Å². The lowest BCUT2D eigenvalue weighted by Crippen LogP contribution is -2.48. The molecule has 0 radical (unpaired) electrons. The number of carbonyl (C=O) groups is 1. The van der Waals surface area contributed by atoms with Crippen LogP contribution in [0.4, 0.5) is 0 Å². The van der Waals surface area contributed by atoms with Gasteiger partial charge in [-0.05, 0) is 0 Å². The van der Waals surface area contributed by atoms with Crippen molar-refractivity contribution in [3.63, 3.8) is 0 Å². The van der Waals surface area contributed by atoms with Gasteiger partial charge in [-0.25, -0.2) is 0 Å². The Morgan fingerprint density at radius 1 is 1.45 bits per heavy atom. The normalized spacial score (nSPS) is 16.0. The molecule has 11 heavy (non-hydrogen) atoms. The van der Waals surface area contributed by atoms with Crippen molar-refractivity contribution in [1.82, 2.24) is 4.90 Å². The van der Waals surface area contributed by atoms with E-state index in [0.717, 1.165) is 0 Å². The fourth-order valence-corrected chi connectivity index (χ4v) is 0.704. The third-order valence-electron chi connectivity index (χ3n) is 1.66. The predicted octanol–water partition coefficient (Wildman–Crippen LogP) is 0.890. The van der Waals surface area contributed by atoms with Crippen molar-refractivity contribution in [3.05, 3.63) is 0 Å². The first-order chi connectivity index (χ1) is 5.22. The zero-order valence-electron chi connectivity index (χ0n) is 7.76. The van der Waals surface area contributed by atoms with Gasteiger partial charge in [0.1, 0.15) is 0 Å². The maximum Gasteiger partial charge on any atom is 0.219 e. The van der Waals surface area contributed by atoms with Crippen molar-refractivity contribution in [2.75, 3.05) is 20.3 Å². The second-order valence-electron chi connectivity index (χ2n) is 2.32. The van der Waals surface area contributed by atoms with Gasteiger partial charge in [-0.3, -0.25) is 4.79 Å². The van der Waals surface area contributed by atoms with E-state index in [9.17, 15) is 4.79 Å². The Kier molecular flexibility index (Phi) is 4.86. The van der Waals surface area contributed by atoms with Gasteiger partial charge < -0.3 is 9.64 Å². The van der Waals surface area contributed by atoms with E-state index in [2.05, 4.69) is 0 Å². The van der Waals surface area contributed by atoms with Crippen LogP contribution in [0.3, 0.4) is 0 Å². The van der Waals surface area contributed by atoms with E-state index >= 15 is 0 Å². The predicted molar refractivity (Wildman–Crippen MR) is 44.4 cm³/mol. The van der Waals surface area contributed by atoms with E-state index in [-0.39, 0.29) is 5.91 Å². The molecule has 3 heteroatoms. The van der Waals surface area contributed by atoms with Crippen LogP contribution < -0.4 is 0 Å². The van der Waals surface area contributed by atoms with Gasteiger partial charge in [-0.15, -0.1) is 0 Å². The molecule has 1 saturated heterocycles. The largest absolute Gasteiger partial charge is 0.377 e. The Morgan fingerprint density at radius 3 is 2.00 bits per heavy atom. The maximum absolute atomic E-state index is 10.6. The second-order valence-corrected chi connectivity index (χ2v) is 2.32. The van der Waals surface area contributed by atoms with Crippen molar-refractivity contribution in [2.45, 2.75) is 26.8 Å². The minimum Gasteiger partial charge on any atom is -0.377 e. The molecule has 0 unspecified atom stereocenters. The van der Waals surface area contributed by atoms with Crippen LogP contribution in [0, 0.1) is 0 Å². The summed E-state index contributed by atoms with van der Waals surface area (Å²) >= 11 is 0. The molecule has 66 valence electrons. The molecule has 0 spiro atoms. The van der Waals surface area contributed by atoms with Gasteiger partial charge in [0.05, 0.1) is 19.3 Å². The highest BCUT2D eigenvalue weighted by molar-refractivity contribution is 5.73. The Balaban J connectivity index is 0.000000461. The summed E-state index contributed by atoms with van der Waals surface area (Å²) in [5.74, 6) is 0.114. The summed E-state index contributed by atoms with van der Waals surface area (Å²) in [6.07, 6.45) is 0. The van der Waals surface area contributed by atoms with Crippen LogP contribution in [0.5, 0.6) is 0 Å². The molecule has 1 aliphatic heterocycles. The lowest BCUT2D eigenvalue weighted by molar-refractivity contribution is -0.139. The molecule has 1 heterocycles. The molecule has 1 rings (SSSR count). The highest BCUT2D eigenvalue weighted by atomic mass is 16.5. The van der Waals surface area contributed by atoms with Crippen molar-refractivity contribution in [1.29, 1.82) is 0 Å². The van der Waals surface area contributed by atoms with Gasteiger partial charge in [-0.1, -0.05) is 13.8 Å². The van der Waals surface area contributed by atoms with Crippen molar-refractivity contribution >= 4 is 5.91 Å². The van der Waals surface area contributed by atoms with Gasteiger partial charge in [0.15, 0.2) is 0 Å². The number of hydrogen-bond acceptors (Lipinski definition) is 2. The van der Waals surface area contributed by atoms with E-state index in [4.69, 9.17) is 4.74 Å². The summed E-state index contributed by atoms with van der Waals surface area (Å²) in [6.45, 7) is 6.98. The van der Waals surface area contributed by atoms with Gasteiger partial charge in [0.2, 0.25) is 5.91 Å². The molecule has 0 aromatic carbocycles. The minimum absolute atomic E-state index is 0.114. The molecule has 0 saturated carbocycles. The first-order valence-corrected chi connectivity index (χ1v) is 4.03. The minimum atomic E-state index is 0.114. The fraction of sp³-hybridized carbons (Fsp3) is 0.875. The SMILES string of the molecule is CC.CC(=O)N(C)C1COC1. The first kappa shape index (κ1) is 10.4. The van der Waals surface area contributed by atoms with Gasteiger partial charge in [0, 0.05) is 14.0 Å². The van der Waals surface area contributed by atoms with Crippen molar-refractivity contribution < 1.29 is 9.53 Å². The zero-order valence-corrected chi connectivity index (χ0v) is 7.76. The van der Waals surface area contributed by atoms with Crippen LogP contribution in [-0.2, 0) is 9.53 Å². The number of nitrogens with zero attached hydrogens (tertiary/aromatic N) is 1. The lowest BCUT2D eigenvalue weighted by atomic mass is 10.2. The van der Waals surface area contributed by atoms with Crippen LogP contribution in [0.1, 0.15) is 20.8 Å². The third-order valence-corrected chi connectivity index (χ3v) is 1.66. The molecular weight excluding hydrogens is 142 g/mol.